The lowest BCUT2D eigenvalue weighted by Gasteiger charge is -2.05. The second kappa shape index (κ2) is 9.75. The van der Waals surface area contributed by atoms with E-state index in [2.05, 4.69) is 36.2 Å². The molecule has 0 spiro atoms. The quantitative estimate of drug-likeness (QED) is 0.336. The van der Waals surface area contributed by atoms with E-state index in [0.717, 1.165) is 30.4 Å². The summed E-state index contributed by atoms with van der Waals surface area (Å²) in [6, 6.07) is 21.4. The van der Waals surface area contributed by atoms with Gasteiger partial charge in [-0.05, 0) is 46.7 Å². The summed E-state index contributed by atoms with van der Waals surface area (Å²) in [7, 11) is 0. The predicted molar refractivity (Wildman–Crippen MR) is 117 cm³/mol. The lowest BCUT2D eigenvalue weighted by molar-refractivity contribution is 0.631. The van der Waals surface area contributed by atoms with Gasteiger partial charge in [0.05, 0.1) is 12.4 Å². The van der Waals surface area contributed by atoms with Crippen molar-refractivity contribution in [1.29, 1.82) is 0 Å². The molecule has 142 valence electrons. The van der Waals surface area contributed by atoms with Crippen LogP contribution in [0.25, 0.3) is 11.1 Å². The zero-order valence-electron chi connectivity index (χ0n) is 16.4. The van der Waals surface area contributed by atoms with E-state index in [4.69, 9.17) is 0 Å². The van der Waals surface area contributed by atoms with E-state index in [1.807, 2.05) is 42.5 Å². The molecule has 0 heterocycles. The Hall–Kier alpha value is -3.07. The Bertz CT molecular complexity index is 955. The van der Waals surface area contributed by atoms with Crippen LogP contribution >= 0.6 is 0 Å². The SMILES string of the molecule is CCCc1ccc(C=NN=Cc2ccc(-c3ccc(CC)cc3)c(F)c2)cc1. The van der Waals surface area contributed by atoms with E-state index in [1.54, 1.807) is 18.5 Å². The minimum Gasteiger partial charge on any atom is -0.206 e. The van der Waals surface area contributed by atoms with Gasteiger partial charge in [0.25, 0.3) is 0 Å². The lowest BCUT2D eigenvalue weighted by atomic mass is 10.0. The zero-order chi connectivity index (χ0) is 19.8. The topological polar surface area (TPSA) is 24.7 Å². The summed E-state index contributed by atoms with van der Waals surface area (Å²) >= 11 is 0. The van der Waals surface area contributed by atoms with Crippen LogP contribution in [0, 0.1) is 5.82 Å². The van der Waals surface area contributed by atoms with Crippen molar-refractivity contribution in [2.24, 2.45) is 10.2 Å². The van der Waals surface area contributed by atoms with Crippen LogP contribution in [0.1, 0.15) is 42.5 Å². The third kappa shape index (κ3) is 5.23. The molecule has 0 aliphatic rings. The molecular weight excluding hydrogens is 347 g/mol. The molecule has 3 aromatic rings. The van der Waals surface area contributed by atoms with Gasteiger partial charge in [0.15, 0.2) is 0 Å². The van der Waals surface area contributed by atoms with Crippen LogP contribution in [0.5, 0.6) is 0 Å². The fourth-order valence-electron chi connectivity index (χ4n) is 3.02. The molecule has 0 radical (unpaired) electrons. The van der Waals surface area contributed by atoms with Crippen LogP contribution in [-0.4, -0.2) is 12.4 Å². The molecule has 3 rings (SSSR count). The van der Waals surface area contributed by atoms with Crippen LogP contribution in [-0.2, 0) is 12.8 Å². The van der Waals surface area contributed by atoms with Gasteiger partial charge in [-0.3, -0.25) is 0 Å². The van der Waals surface area contributed by atoms with Crippen molar-refractivity contribution in [3.05, 3.63) is 94.8 Å². The zero-order valence-corrected chi connectivity index (χ0v) is 16.4. The molecule has 0 saturated carbocycles. The number of hydrogen-bond donors (Lipinski definition) is 0. The van der Waals surface area contributed by atoms with Crippen LogP contribution in [0.4, 0.5) is 4.39 Å². The van der Waals surface area contributed by atoms with Crippen LogP contribution in [0.15, 0.2) is 76.9 Å². The molecule has 0 unspecified atom stereocenters. The van der Waals surface area contributed by atoms with E-state index >= 15 is 0 Å². The summed E-state index contributed by atoms with van der Waals surface area (Å²) in [6.45, 7) is 4.27. The van der Waals surface area contributed by atoms with Crippen LogP contribution < -0.4 is 0 Å². The molecule has 2 nitrogen and oxygen atoms in total. The number of nitrogens with zero attached hydrogens (tertiary/aromatic N) is 2. The summed E-state index contributed by atoms with van der Waals surface area (Å²) in [4.78, 5) is 0. The maximum absolute atomic E-state index is 14.5. The van der Waals surface area contributed by atoms with Crippen molar-refractivity contribution in [3.63, 3.8) is 0 Å². The third-order valence-electron chi connectivity index (χ3n) is 4.67. The molecule has 0 aliphatic heterocycles. The summed E-state index contributed by atoms with van der Waals surface area (Å²) < 4.78 is 14.5. The van der Waals surface area contributed by atoms with Gasteiger partial charge >= 0.3 is 0 Å². The average Bonchev–Trinajstić information content (AvgIpc) is 2.73. The first-order chi connectivity index (χ1) is 13.7. The predicted octanol–water partition coefficient (Wildman–Crippen LogP) is 6.46. The minimum absolute atomic E-state index is 0.260. The fourth-order valence-corrected chi connectivity index (χ4v) is 3.02. The number of benzene rings is 3. The van der Waals surface area contributed by atoms with E-state index < -0.39 is 0 Å². The molecule has 0 atom stereocenters. The highest BCUT2D eigenvalue weighted by molar-refractivity contribution is 5.83. The monoisotopic (exact) mass is 372 g/mol. The molecular formula is C25H25FN2. The number of hydrogen-bond acceptors (Lipinski definition) is 2. The number of halogens is 1. The highest BCUT2D eigenvalue weighted by Crippen LogP contribution is 2.24. The van der Waals surface area contributed by atoms with Crippen LogP contribution in [0.3, 0.4) is 0 Å². The molecule has 0 fully saturated rings. The highest BCUT2D eigenvalue weighted by Gasteiger charge is 2.05. The first-order valence-corrected chi connectivity index (χ1v) is 9.73. The normalized spacial score (nSPS) is 11.5. The van der Waals surface area contributed by atoms with Gasteiger partial charge in [0, 0.05) is 5.56 Å². The van der Waals surface area contributed by atoms with E-state index in [1.165, 1.54) is 17.2 Å². The van der Waals surface area contributed by atoms with Gasteiger partial charge < -0.3 is 0 Å². The summed E-state index contributed by atoms with van der Waals surface area (Å²) in [5, 5.41) is 8.10. The Morgan fingerprint density at radius 3 is 1.96 bits per heavy atom. The number of aryl methyl sites for hydroxylation is 2. The lowest BCUT2D eigenvalue weighted by Crippen LogP contribution is -1.89. The van der Waals surface area contributed by atoms with Crippen molar-refractivity contribution in [3.8, 4) is 11.1 Å². The molecule has 0 N–H and O–H groups in total. The second-order valence-electron chi connectivity index (χ2n) is 6.77. The molecule has 0 amide bonds. The van der Waals surface area contributed by atoms with Gasteiger partial charge in [-0.25, -0.2) is 4.39 Å². The Morgan fingerprint density at radius 1 is 0.750 bits per heavy atom. The summed E-state index contributed by atoms with van der Waals surface area (Å²) in [6.07, 6.45) is 6.46. The van der Waals surface area contributed by atoms with Crippen molar-refractivity contribution >= 4 is 12.4 Å². The smallest absolute Gasteiger partial charge is 0.131 e. The summed E-state index contributed by atoms with van der Waals surface area (Å²) in [5.41, 5.74) is 5.71. The molecule has 3 heteroatoms. The second-order valence-corrected chi connectivity index (χ2v) is 6.77. The van der Waals surface area contributed by atoms with Crippen molar-refractivity contribution in [2.75, 3.05) is 0 Å². The number of rotatable bonds is 7. The fraction of sp³-hybridized carbons (Fsp3) is 0.200. The Labute approximate surface area is 166 Å². The maximum atomic E-state index is 14.5. The maximum Gasteiger partial charge on any atom is 0.131 e. The molecule has 28 heavy (non-hydrogen) atoms. The first kappa shape index (κ1) is 19.7. The van der Waals surface area contributed by atoms with Crippen LogP contribution in [0.2, 0.25) is 0 Å². The van der Waals surface area contributed by atoms with Gasteiger partial charge in [-0.1, -0.05) is 80.9 Å². The van der Waals surface area contributed by atoms with Crippen molar-refractivity contribution < 1.29 is 4.39 Å². The molecule has 0 aromatic heterocycles. The molecule has 0 bridgehead atoms. The Morgan fingerprint density at radius 2 is 1.36 bits per heavy atom. The Kier molecular flexibility index (Phi) is 6.85. The highest BCUT2D eigenvalue weighted by atomic mass is 19.1. The summed E-state index contributed by atoms with van der Waals surface area (Å²) in [5.74, 6) is -0.260. The van der Waals surface area contributed by atoms with Gasteiger partial charge in [-0.15, -0.1) is 0 Å². The first-order valence-electron chi connectivity index (χ1n) is 9.73. The largest absolute Gasteiger partial charge is 0.206 e. The molecule has 3 aromatic carbocycles. The standard InChI is InChI=1S/C25H25FN2/c1-3-5-20-6-8-21(9-7-20)17-27-28-18-22-12-15-24(25(26)16-22)23-13-10-19(4-2)11-14-23/h6-18H,3-5H2,1-2H3. The molecule has 0 saturated heterocycles. The van der Waals surface area contributed by atoms with Gasteiger partial charge in [0.2, 0.25) is 0 Å². The van der Waals surface area contributed by atoms with E-state index in [0.29, 0.717) is 11.1 Å². The van der Waals surface area contributed by atoms with E-state index in [9.17, 15) is 4.39 Å². The third-order valence-corrected chi connectivity index (χ3v) is 4.67. The van der Waals surface area contributed by atoms with E-state index in [-0.39, 0.29) is 5.82 Å². The van der Waals surface area contributed by atoms with Gasteiger partial charge in [-0.2, -0.15) is 10.2 Å². The molecule has 0 aliphatic carbocycles. The van der Waals surface area contributed by atoms with Crippen molar-refractivity contribution in [2.45, 2.75) is 33.1 Å². The minimum atomic E-state index is -0.260. The van der Waals surface area contributed by atoms with Crippen molar-refractivity contribution in [1.82, 2.24) is 0 Å². The average molecular weight is 372 g/mol. The van der Waals surface area contributed by atoms with Gasteiger partial charge in [0.1, 0.15) is 5.82 Å². The Balaban J connectivity index is 1.66.